The lowest BCUT2D eigenvalue weighted by Gasteiger charge is -2.38. The Kier molecular flexibility index (Phi) is 5.10. The highest BCUT2D eigenvalue weighted by molar-refractivity contribution is 6.35. The van der Waals surface area contributed by atoms with Crippen LogP contribution in [-0.2, 0) is 13.2 Å². The van der Waals surface area contributed by atoms with E-state index in [2.05, 4.69) is 9.88 Å². The van der Waals surface area contributed by atoms with Crippen molar-refractivity contribution < 1.29 is 0 Å². The third-order valence-electron chi connectivity index (χ3n) is 4.83. The van der Waals surface area contributed by atoms with E-state index in [0.717, 1.165) is 16.9 Å². The van der Waals surface area contributed by atoms with Crippen LogP contribution in [0.2, 0.25) is 10.0 Å². The summed E-state index contributed by atoms with van der Waals surface area (Å²) in [6, 6.07) is 9.26. The van der Waals surface area contributed by atoms with Crippen LogP contribution in [-0.4, -0.2) is 26.1 Å². The highest BCUT2D eigenvalue weighted by atomic mass is 35.5. The van der Waals surface area contributed by atoms with Crippen LogP contribution < -0.4 is 10.5 Å². The van der Waals surface area contributed by atoms with E-state index in [4.69, 9.17) is 28.2 Å². The summed E-state index contributed by atoms with van der Waals surface area (Å²) in [5.41, 5.74) is 3.18. The Bertz CT molecular complexity index is 1060. The van der Waals surface area contributed by atoms with Crippen molar-refractivity contribution in [2.75, 3.05) is 11.6 Å². The van der Waals surface area contributed by atoms with Gasteiger partial charge in [0.15, 0.2) is 0 Å². The van der Waals surface area contributed by atoms with Crippen molar-refractivity contribution >= 4 is 34.8 Å². The van der Waals surface area contributed by atoms with Crippen LogP contribution in [0.3, 0.4) is 0 Å². The van der Waals surface area contributed by atoms with Gasteiger partial charge < -0.3 is 0 Å². The monoisotopic (exact) mass is 415 g/mol. The Balaban J connectivity index is 1.81. The maximum atomic E-state index is 12.9. The number of aromatic nitrogens is 3. The van der Waals surface area contributed by atoms with Gasteiger partial charge in [0.1, 0.15) is 0 Å². The van der Waals surface area contributed by atoms with Gasteiger partial charge in [-0.05, 0) is 43.7 Å². The molecule has 0 N–H and O–H groups in total. The number of fused-ring (bicyclic) bond motifs is 1. The molecule has 28 heavy (non-hydrogen) atoms. The van der Waals surface area contributed by atoms with E-state index in [0.29, 0.717) is 41.4 Å². The molecule has 3 aromatic rings. The highest BCUT2D eigenvalue weighted by Gasteiger charge is 2.27. The van der Waals surface area contributed by atoms with E-state index < -0.39 is 0 Å². The van der Waals surface area contributed by atoms with Crippen LogP contribution in [0, 0.1) is 13.8 Å². The second-order valence-corrected chi connectivity index (χ2v) is 7.76. The quantitative estimate of drug-likeness (QED) is 0.643. The topological polar surface area (TPSA) is 54.3 Å². The van der Waals surface area contributed by atoms with E-state index >= 15 is 0 Å². The Labute approximate surface area is 173 Å². The van der Waals surface area contributed by atoms with E-state index in [1.807, 2.05) is 42.3 Å². The zero-order valence-electron chi connectivity index (χ0n) is 15.6. The molecule has 0 saturated heterocycles. The van der Waals surface area contributed by atoms with Gasteiger partial charge in [-0.2, -0.15) is 0 Å². The molecule has 4 rings (SSSR count). The third-order valence-corrected chi connectivity index (χ3v) is 5.27. The molecule has 0 atom stereocenters. The molecule has 0 bridgehead atoms. The van der Waals surface area contributed by atoms with Crippen molar-refractivity contribution in [1.29, 1.82) is 0 Å². The molecule has 3 heterocycles. The maximum absolute atomic E-state index is 12.9. The van der Waals surface area contributed by atoms with Crippen LogP contribution in [0.25, 0.3) is 0 Å². The fraction of sp³-hybridized carbons (Fsp3) is 0.250. The number of anilines is 2. The van der Waals surface area contributed by atoms with Gasteiger partial charge in [-0.25, -0.2) is 4.98 Å². The Morgan fingerprint density at radius 3 is 2.54 bits per heavy atom. The first-order valence-electron chi connectivity index (χ1n) is 8.85. The van der Waals surface area contributed by atoms with E-state index in [-0.39, 0.29) is 5.56 Å². The van der Waals surface area contributed by atoms with Crippen LogP contribution >= 0.6 is 23.2 Å². The molecule has 1 aliphatic rings. The summed E-state index contributed by atoms with van der Waals surface area (Å²) >= 11 is 12.5. The van der Waals surface area contributed by atoms with Crippen LogP contribution in [0.5, 0.6) is 0 Å². The molecule has 1 aliphatic heterocycles. The maximum Gasteiger partial charge on any atom is 0.259 e. The van der Waals surface area contributed by atoms with E-state index in [9.17, 15) is 4.79 Å². The molecule has 0 unspecified atom stereocenters. The molecule has 1 aromatic carbocycles. The summed E-state index contributed by atoms with van der Waals surface area (Å²) in [6.45, 7) is 5.29. The lowest BCUT2D eigenvalue weighted by molar-refractivity contribution is 0.189. The summed E-state index contributed by atoms with van der Waals surface area (Å²) < 4.78 is 1.69. The van der Waals surface area contributed by atoms with Crippen molar-refractivity contribution in [3.8, 4) is 0 Å². The number of halogens is 2. The predicted molar refractivity (Wildman–Crippen MR) is 111 cm³/mol. The number of rotatable bonds is 3. The molecule has 0 aliphatic carbocycles. The number of hydrogen-bond donors (Lipinski definition) is 0. The summed E-state index contributed by atoms with van der Waals surface area (Å²) in [6.07, 6.45) is 3.58. The minimum absolute atomic E-state index is 0.0449. The van der Waals surface area contributed by atoms with Crippen molar-refractivity contribution in [1.82, 2.24) is 19.4 Å². The number of nitrogens with zero attached hydrogens (tertiary/aromatic N) is 5. The molecule has 8 heteroatoms. The van der Waals surface area contributed by atoms with E-state index in [1.165, 1.54) is 0 Å². The SMILES string of the molecule is Cc1nc2n(c(=O)c1C)CN(Cc1cccnc1)CN2c1cc(Cl)cc(Cl)c1. The first kappa shape index (κ1) is 18.9. The summed E-state index contributed by atoms with van der Waals surface area (Å²) in [5, 5.41) is 1.06. The molecule has 0 saturated carbocycles. The third kappa shape index (κ3) is 3.63. The Hall–Kier alpha value is -2.41. The van der Waals surface area contributed by atoms with Gasteiger partial charge in [-0.3, -0.25) is 24.1 Å². The lowest BCUT2D eigenvalue weighted by Crippen LogP contribution is -2.47. The normalized spacial score (nSPS) is 14.2. The van der Waals surface area contributed by atoms with E-state index in [1.54, 1.807) is 23.8 Å². The Morgan fingerprint density at radius 2 is 1.86 bits per heavy atom. The number of pyridine rings is 1. The standard InChI is InChI=1S/C20H19Cl2N5O/c1-13-14(2)24-20-26(18-7-16(21)6-17(22)8-18)11-25(12-27(20)19(13)28)10-15-4-3-5-23-9-15/h3-9H,10-12H2,1-2H3. The number of benzene rings is 1. The largest absolute Gasteiger partial charge is 0.298 e. The molecule has 0 amide bonds. The summed E-state index contributed by atoms with van der Waals surface area (Å²) in [5.74, 6) is 0.592. The first-order valence-corrected chi connectivity index (χ1v) is 9.61. The van der Waals surface area contributed by atoms with Gasteiger partial charge >= 0.3 is 0 Å². The minimum atomic E-state index is -0.0449. The van der Waals surface area contributed by atoms with Crippen LogP contribution in [0.4, 0.5) is 11.6 Å². The van der Waals surface area contributed by atoms with Crippen molar-refractivity contribution in [2.45, 2.75) is 27.1 Å². The summed E-state index contributed by atoms with van der Waals surface area (Å²) in [7, 11) is 0. The fourth-order valence-corrected chi connectivity index (χ4v) is 3.84. The summed E-state index contributed by atoms with van der Waals surface area (Å²) in [4.78, 5) is 25.9. The van der Waals surface area contributed by atoms with Crippen molar-refractivity contribution in [3.05, 3.63) is 79.9 Å². The number of aryl methyl sites for hydroxylation is 1. The molecular weight excluding hydrogens is 397 g/mol. The average Bonchev–Trinajstić information content (AvgIpc) is 2.66. The zero-order valence-corrected chi connectivity index (χ0v) is 17.1. The predicted octanol–water partition coefficient (Wildman–Crippen LogP) is 4.13. The minimum Gasteiger partial charge on any atom is -0.298 e. The molecule has 0 spiro atoms. The molecule has 144 valence electrons. The fourth-order valence-electron chi connectivity index (χ4n) is 3.33. The van der Waals surface area contributed by atoms with Crippen molar-refractivity contribution in [2.24, 2.45) is 0 Å². The molecule has 0 radical (unpaired) electrons. The molecular formula is C20H19Cl2N5O. The number of hydrogen-bond acceptors (Lipinski definition) is 5. The van der Waals surface area contributed by atoms with Gasteiger partial charge in [0.05, 0.1) is 13.3 Å². The van der Waals surface area contributed by atoms with Gasteiger partial charge in [-0.15, -0.1) is 0 Å². The van der Waals surface area contributed by atoms with Crippen molar-refractivity contribution in [3.63, 3.8) is 0 Å². The van der Waals surface area contributed by atoms with Gasteiger partial charge in [0, 0.05) is 45.9 Å². The molecule has 2 aromatic heterocycles. The smallest absolute Gasteiger partial charge is 0.259 e. The average molecular weight is 416 g/mol. The first-order chi connectivity index (χ1) is 13.4. The Morgan fingerprint density at radius 1 is 1.11 bits per heavy atom. The van der Waals surface area contributed by atoms with Crippen LogP contribution in [0.1, 0.15) is 16.8 Å². The highest BCUT2D eigenvalue weighted by Crippen LogP contribution is 2.32. The van der Waals surface area contributed by atoms with Crippen LogP contribution in [0.15, 0.2) is 47.5 Å². The van der Waals surface area contributed by atoms with Gasteiger partial charge in [0.2, 0.25) is 5.95 Å². The zero-order chi connectivity index (χ0) is 19.8. The van der Waals surface area contributed by atoms with Gasteiger partial charge in [-0.1, -0.05) is 29.3 Å². The lowest BCUT2D eigenvalue weighted by atomic mass is 10.2. The van der Waals surface area contributed by atoms with Gasteiger partial charge in [0.25, 0.3) is 5.56 Å². The second-order valence-electron chi connectivity index (χ2n) is 6.88. The second kappa shape index (κ2) is 7.54. The molecule has 0 fully saturated rings. The molecule has 6 nitrogen and oxygen atoms in total.